The van der Waals surface area contributed by atoms with Crippen LogP contribution in [0.1, 0.15) is 11.7 Å². The molecule has 0 aliphatic carbocycles. The number of hydrogen-bond donors (Lipinski definition) is 2. The van der Waals surface area contributed by atoms with Crippen molar-refractivity contribution < 1.29 is 24.5 Å². The van der Waals surface area contributed by atoms with Crippen molar-refractivity contribution in [3.63, 3.8) is 0 Å². The molecule has 16 heavy (non-hydrogen) atoms. The second-order valence-electron chi connectivity index (χ2n) is 3.34. The van der Waals surface area contributed by atoms with Crippen molar-refractivity contribution >= 4 is 16.8 Å². The van der Waals surface area contributed by atoms with Crippen LogP contribution in [0.25, 0.3) is 0 Å². The fourth-order valence-electron chi connectivity index (χ4n) is 1.53. The number of carbonyl (C=O) groups is 1. The molecular formula is C10H9ClO5. The first-order valence-corrected chi connectivity index (χ1v) is 4.92. The van der Waals surface area contributed by atoms with E-state index in [0.29, 0.717) is 5.56 Å². The summed E-state index contributed by atoms with van der Waals surface area (Å²) in [6.45, 7) is -0.0323. The second-order valence-corrected chi connectivity index (χ2v) is 3.72. The topological polar surface area (TPSA) is 76.0 Å². The van der Waals surface area contributed by atoms with Crippen LogP contribution in [0.3, 0.4) is 0 Å². The van der Waals surface area contributed by atoms with E-state index in [9.17, 15) is 9.90 Å². The molecule has 0 bridgehead atoms. The van der Waals surface area contributed by atoms with Crippen LogP contribution in [-0.4, -0.2) is 28.4 Å². The summed E-state index contributed by atoms with van der Waals surface area (Å²) >= 11 is 5.34. The van der Waals surface area contributed by atoms with Gasteiger partial charge in [-0.2, -0.15) is 0 Å². The van der Waals surface area contributed by atoms with Crippen molar-refractivity contribution in [2.24, 2.45) is 0 Å². The first-order chi connectivity index (χ1) is 7.59. The third-order valence-corrected chi connectivity index (χ3v) is 2.54. The van der Waals surface area contributed by atoms with E-state index in [2.05, 4.69) is 0 Å². The fourth-order valence-corrected chi connectivity index (χ4v) is 1.71. The van der Waals surface area contributed by atoms with Gasteiger partial charge in [-0.1, -0.05) is 6.07 Å². The Balaban J connectivity index is 2.29. The molecule has 1 fully saturated rings. The predicted octanol–water partition coefficient (Wildman–Crippen LogP) is 1.28. The van der Waals surface area contributed by atoms with Gasteiger partial charge < -0.3 is 19.7 Å². The molecule has 2 N–H and O–H groups in total. The number of ether oxygens (including phenoxy) is 2. The van der Waals surface area contributed by atoms with Gasteiger partial charge in [0.05, 0.1) is 0 Å². The molecule has 1 aromatic carbocycles. The third-order valence-electron chi connectivity index (χ3n) is 2.32. The van der Waals surface area contributed by atoms with Crippen molar-refractivity contribution in [1.82, 2.24) is 0 Å². The Morgan fingerprint density at radius 3 is 2.69 bits per heavy atom. The minimum absolute atomic E-state index is 0.0323. The highest BCUT2D eigenvalue weighted by molar-refractivity contribution is 6.64. The van der Waals surface area contributed by atoms with E-state index >= 15 is 0 Å². The average Bonchev–Trinajstić information content (AvgIpc) is 2.71. The fraction of sp³-hybridized carbons (Fsp3) is 0.300. The first kappa shape index (κ1) is 11.2. The molecular weight excluding hydrogens is 236 g/mol. The highest BCUT2D eigenvalue weighted by Gasteiger charge is 2.35. The molecule has 86 valence electrons. The number of benzene rings is 1. The molecule has 5 nitrogen and oxygen atoms in total. The van der Waals surface area contributed by atoms with Gasteiger partial charge >= 0.3 is 0 Å². The van der Waals surface area contributed by atoms with Gasteiger partial charge in [0.1, 0.15) is 12.9 Å². The quantitative estimate of drug-likeness (QED) is 0.605. The van der Waals surface area contributed by atoms with Crippen LogP contribution >= 0.6 is 11.6 Å². The van der Waals surface area contributed by atoms with E-state index in [-0.39, 0.29) is 18.3 Å². The van der Waals surface area contributed by atoms with E-state index in [0.717, 1.165) is 0 Å². The lowest BCUT2D eigenvalue weighted by Gasteiger charge is -2.14. The SMILES string of the molecule is O=C(Cl)C1OCOC1c1ccc(O)c(O)c1. The number of hydrogen-bond acceptors (Lipinski definition) is 5. The zero-order chi connectivity index (χ0) is 11.7. The minimum Gasteiger partial charge on any atom is -0.504 e. The highest BCUT2D eigenvalue weighted by atomic mass is 35.5. The molecule has 0 spiro atoms. The first-order valence-electron chi connectivity index (χ1n) is 4.54. The van der Waals surface area contributed by atoms with Crippen LogP contribution in [0.2, 0.25) is 0 Å². The Labute approximate surface area is 96.2 Å². The minimum atomic E-state index is -0.884. The van der Waals surface area contributed by atoms with Gasteiger partial charge in [0, 0.05) is 0 Å². The van der Waals surface area contributed by atoms with E-state index in [1.165, 1.54) is 18.2 Å². The van der Waals surface area contributed by atoms with Crippen LogP contribution in [0.15, 0.2) is 18.2 Å². The van der Waals surface area contributed by atoms with E-state index < -0.39 is 17.5 Å². The molecule has 1 saturated heterocycles. The van der Waals surface area contributed by atoms with Gasteiger partial charge in [-0.05, 0) is 29.3 Å². The van der Waals surface area contributed by atoms with Gasteiger partial charge in [-0.15, -0.1) is 0 Å². The van der Waals surface area contributed by atoms with Gasteiger partial charge in [0.2, 0.25) is 0 Å². The van der Waals surface area contributed by atoms with Crippen LogP contribution in [0.4, 0.5) is 0 Å². The number of phenols is 2. The zero-order valence-electron chi connectivity index (χ0n) is 8.09. The van der Waals surface area contributed by atoms with E-state index in [4.69, 9.17) is 26.2 Å². The molecule has 2 unspecified atom stereocenters. The monoisotopic (exact) mass is 244 g/mol. The Kier molecular flexibility index (Phi) is 3.00. The maximum atomic E-state index is 11.0. The summed E-state index contributed by atoms with van der Waals surface area (Å²) < 4.78 is 10.2. The summed E-state index contributed by atoms with van der Waals surface area (Å²) in [5.74, 6) is -0.523. The lowest BCUT2D eigenvalue weighted by molar-refractivity contribution is -0.120. The molecule has 2 rings (SSSR count). The van der Waals surface area contributed by atoms with Crippen molar-refractivity contribution in [3.8, 4) is 11.5 Å². The average molecular weight is 245 g/mol. The molecule has 1 aliphatic heterocycles. The van der Waals surface area contributed by atoms with Crippen molar-refractivity contribution in [3.05, 3.63) is 23.8 Å². The smallest absolute Gasteiger partial charge is 0.253 e. The second kappa shape index (κ2) is 4.29. The normalized spacial score (nSPS) is 24.6. The highest BCUT2D eigenvalue weighted by Crippen LogP contribution is 2.34. The Morgan fingerprint density at radius 1 is 1.31 bits per heavy atom. The van der Waals surface area contributed by atoms with Gasteiger partial charge in [-0.25, -0.2) is 0 Å². The van der Waals surface area contributed by atoms with Gasteiger partial charge in [0.15, 0.2) is 17.6 Å². The molecule has 0 aromatic heterocycles. The number of carbonyl (C=O) groups excluding carboxylic acids is 1. The van der Waals surface area contributed by atoms with E-state index in [1.807, 2.05) is 0 Å². The van der Waals surface area contributed by atoms with Crippen LogP contribution in [0, 0.1) is 0 Å². The molecule has 6 heteroatoms. The van der Waals surface area contributed by atoms with Gasteiger partial charge in [0.25, 0.3) is 5.24 Å². The lowest BCUT2D eigenvalue weighted by Crippen LogP contribution is -2.21. The van der Waals surface area contributed by atoms with E-state index in [1.54, 1.807) is 0 Å². The molecule has 0 amide bonds. The zero-order valence-corrected chi connectivity index (χ0v) is 8.85. The molecule has 1 aromatic rings. The lowest BCUT2D eigenvalue weighted by atomic mass is 10.0. The maximum Gasteiger partial charge on any atom is 0.253 e. The number of phenolic OH excluding ortho intramolecular Hbond substituents is 2. The summed E-state index contributed by atoms with van der Waals surface area (Å²) in [6, 6.07) is 4.14. The van der Waals surface area contributed by atoms with Crippen LogP contribution in [-0.2, 0) is 14.3 Å². The Morgan fingerprint density at radius 2 is 2.06 bits per heavy atom. The molecule has 1 aliphatic rings. The summed E-state index contributed by atoms with van der Waals surface area (Å²) in [6.07, 6.45) is -1.54. The van der Waals surface area contributed by atoms with Crippen molar-refractivity contribution in [2.75, 3.05) is 6.79 Å². The van der Waals surface area contributed by atoms with Crippen LogP contribution in [0.5, 0.6) is 11.5 Å². The summed E-state index contributed by atoms with van der Waals surface area (Å²) in [7, 11) is 0. The Hall–Kier alpha value is -1.30. The molecule has 0 saturated carbocycles. The van der Waals surface area contributed by atoms with Gasteiger partial charge in [-0.3, -0.25) is 4.79 Å². The third kappa shape index (κ3) is 1.97. The number of aromatic hydroxyl groups is 2. The standard InChI is InChI=1S/C10H9ClO5/c11-10(14)9-8(15-4-16-9)5-1-2-6(12)7(13)3-5/h1-3,8-9,12-13H,4H2. The summed E-state index contributed by atoms with van der Waals surface area (Å²) in [5.41, 5.74) is 0.520. The molecule has 2 atom stereocenters. The summed E-state index contributed by atoms with van der Waals surface area (Å²) in [5, 5.41) is 17.8. The summed E-state index contributed by atoms with van der Waals surface area (Å²) in [4.78, 5) is 11.0. The maximum absolute atomic E-state index is 11.0. The van der Waals surface area contributed by atoms with Crippen LogP contribution < -0.4 is 0 Å². The largest absolute Gasteiger partial charge is 0.504 e. The number of halogens is 1. The molecule has 1 heterocycles. The van der Waals surface area contributed by atoms with Crippen molar-refractivity contribution in [2.45, 2.75) is 12.2 Å². The number of rotatable bonds is 2. The Bertz CT molecular complexity index is 420. The van der Waals surface area contributed by atoms with Crippen molar-refractivity contribution in [1.29, 1.82) is 0 Å². The predicted molar refractivity (Wildman–Crippen MR) is 54.2 cm³/mol. The molecule has 0 radical (unpaired) electrons.